The van der Waals surface area contributed by atoms with E-state index in [0.29, 0.717) is 11.7 Å². The van der Waals surface area contributed by atoms with Gasteiger partial charge in [0, 0.05) is 5.92 Å². The maximum atomic E-state index is 13.2. The molecular weight excluding hydrogens is 244 g/mol. The van der Waals surface area contributed by atoms with Crippen molar-refractivity contribution in [3.05, 3.63) is 35.9 Å². The van der Waals surface area contributed by atoms with Crippen molar-refractivity contribution in [3.63, 3.8) is 0 Å². The van der Waals surface area contributed by atoms with E-state index in [1.54, 1.807) is 0 Å². The number of hydrogen-bond acceptors (Lipinski definition) is 1. The molecule has 0 aromatic heterocycles. The zero-order valence-electron chi connectivity index (χ0n) is 12.6. The van der Waals surface area contributed by atoms with E-state index in [1.807, 2.05) is 6.07 Å². The van der Waals surface area contributed by atoms with Gasteiger partial charge in [0.15, 0.2) is 0 Å². The van der Waals surface area contributed by atoms with Crippen LogP contribution in [0, 0.1) is 11.8 Å². The fraction of sp³-hybridized carbons (Fsp3) is 0.632. The lowest BCUT2D eigenvalue weighted by molar-refractivity contribution is -0.133. The van der Waals surface area contributed by atoms with Gasteiger partial charge in [-0.1, -0.05) is 62.9 Å². The van der Waals surface area contributed by atoms with Crippen LogP contribution in [-0.2, 0) is 10.2 Å². The quantitative estimate of drug-likeness (QED) is 0.761. The average Bonchev–Trinajstić information content (AvgIpc) is 2.47. The van der Waals surface area contributed by atoms with Gasteiger partial charge in [-0.2, -0.15) is 0 Å². The first-order valence-electron chi connectivity index (χ1n) is 8.36. The molecule has 20 heavy (non-hydrogen) atoms. The van der Waals surface area contributed by atoms with Crippen molar-refractivity contribution >= 4 is 5.78 Å². The third-order valence-corrected chi connectivity index (χ3v) is 5.74. The second-order valence-corrected chi connectivity index (χ2v) is 6.80. The Morgan fingerprint density at radius 2 is 1.90 bits per heavy atom. The van der Waals surface area contributed by atoms with Crippen LogP contribution in [0.25, 0.3) is 0 Å². The van der Waals surface area contributed by atoms with Gasteiger partial charge in [0.1, 0.15) is 5.78 Å². The summed E-state index contributed by atoms with van der Waals surface area (Å²) in [4.78, 5) is 13.2. The van der Waals surface area contributed by atoms with E-state index in [2.05, 4.69) is 31.2 Å². The highest BCUT2D eigenvalue weighted by atomic mass is 16.1. The van der Waals surface area contributed by atoms with Crippen LogP contribution in [0.4, 0.5) is 0 Å². The minimum atomic E-state index is -0.123. The summed E-state index contributed by atoms with van der Waals surface area (Å²) < 4.78 is 0. The van der Waals surface area contributed by atoms with Gasteiger partial charge in [-0.25, -0.2) is 0 Å². The Morgan fingerprint density at radius 3 is 2.50 bits per heavy atom. The van der Waals surface area contributed by atoms with Gasteiger partial charge in [-0.15, -0.1) is 0 Å². The molecule has 3 rings (SSSR count). The molecule has 0 amide bonds. The van der Waals surface area contributed by atoms with Gasteiger partial charge in [0.25, 0.3) is 0 Å². The number of carbonyl (C=O) groups excluding carboxylic acids is 1. The van der Waals surface area contributed by atoms with Gasteiger partial charge in [0.2, 0.25) is 0 Å². The summed E-state index contributed by atoms with van der Waals surface area (Å²) in [6, 6.07) is 10.5. The Kier molecular flexibility index (Phi) is 3.96. The molecule has 1 heteroatoms. The molecule has 0 saturated heterocycles. The summed E-state index contributed by atoms with van der Waals surface area (Å²) in [5.74, 6) is 1.67. The molecule has 1 aromatic carbocycles. The number of ketones is 1. The molecule has 2 saturated carbocycles. The van der Waals surface area contributed by atoms with Gasteiger partial charge < -0.3 is 0 Å². The number of hydrogen-bond donors (Lipinski definition) is 0. The maximum Gasteiger partial charge on any atom is 0.146 e. The first-order chi connectivity index (χ1) is 9.76. The van der Waals surface area contributed by atoms with E-state index in [9.17, 15) is 4.79 Å². The van der Waals surface area contributed by atoms with Crippen molar-refractivity contribution in [2.45, 2.75) is 63.7 Å². The largest absolute Gasteiger partial charge is 0.298 e. The minimum Gasteiger partial charge on any atom is -0.298 e. The van der Waals surface area contributed by atoms with Crippen molar-refractivity contribution in [2.24, 2.45) is 11.8 Å². The lowest BCUT2D eigenvalue weighted by Crippen LogP contribution is -2.46. The minimum absolute atomic E-state index is 0.123. The molecule has 2 atom stereocenters. The fourth-order valence-corrected chi connectivity index (χ4v) is 4.26. The predicted octanol–water partition coefficient (Wildman–Crippen LogP) is 4.89. The highest BCUT2D eigenvalue weighted by Gasteiger charge is 2.48. The second-order valence-electron chi connectivity index (χ2n) is 6.80. The van der Waals surface area contributed by atoms with Gasteiger partial charge in [0.05, 0.1) is 5.41 Å². The van der Waals surface area contributed by atoms with E-state index in [0.717, 1.165) is 31.6 Å². The molecule has 0 heterocycles. The Hall–Kier alpha value is -1.11. The van der Waals surface area contributed by atoms with Gasteiger partial charge in [-0.05, 0) is 37.2 Å². The third kappa shape index (κ3) is 2.32. The topological polar surface area (TPSA) is 17.1 Å². The maximum absolute atomic E-state index is 13.2. The highest BCUT2D eigenvalue weighted by Crippen LogP contribution is 2.48. The van der Waals surface area contributed by atoms with Gasteiger partial charge >= 0.3 is 0 Å². The number of rotatable bonds is 4. The van der Waals surface area contributed by atoms with Crippen molar-refractivity contribution in [1.82, 2.24) is 0 Å². The normalized spacial score (nSPS) is 28.6. The lowest BCUT2D eigenvalue weighted by atomic mass is 9.58. The zero-order chi connectivity index (χ0) is 14.0. The molecule has 0 bridgehead atoms. The first kappa shape index (κ1) is 13.9. The van der Waals surface area contributed by atoms with E-state index >= 15 is 0 Å². The summed E-state index contributed by atoms with van der Waals surface area (Å²) in [6.07, 6.45) is 9.45. The summed E-state index contributed by atoms with van der Waals surface area (Å²) in [7, 11) is 0. The molecule has 108 valence electrons. The first-order valence-corrected chi connectivity index (χ1v) is 8.36. The number of carbonyl (C=O) groups is 1. The Morgan fingerprint density at radius 1 is 1.15 bits per heavy atom. The van der Waals surface area contributed by atoms with Crippen LogP contribution in [0.5, 0.6) is 0 Å². The predicted molar refractivity (Wildman–Crippen MR) is 82.7 cm³/mol. The van der Waals surface area contributed by atoms with Crippen LogP contribution >= 0.6 is 0 Å². The molecule has 1 nitrogen and oxygen atoms in total. The number of Topliss-reactive ketones (excluding diaryl/α,β-unsaturated/α-hetero) is 1. The molecule has 2 unspecified atom stereocenters. The van der Waals surface area contributed by atoms with Crippen LogP contribution in [0.2, 0.25) is 0 Å². The molecule has 0 aliphatic heterocycles. The molecule has 0 radical (unpaired) electrons. The second kappa shape index (κ2) is 5.71. The van der Waals surface area contributed by atoms with E-state index in [4.69, 9.17) is 0 Å². The lowest BCUT2D eigenvalue weighted by Gasteiger charge is -2.44. The Balaban J connectivity index is 1.81. The van der Waals surface area contributed by atoms with E-state index in [-0.39, 0.29) is 5.41 Å². The Bertz CT molecular complexity index is 458. The van der Waals surface area contributed by atoms with Crippen molar-refractivity contribution in [1.29, 1.82) is 0 Å². The highest BCUT2D eigenvalue weighted by molar-refractivity contribution is 5.93. The summed E-state index contributed by atoms with van der Waals surface area (Å²) in [6.45, 7) is 2.27. The summed E-state index contributed by atoms with van der Waals surface area (Å²) in [5.41, 5.74) is 1.15. The van der Waals surface area contributed by atoms with Crippen LogP contribution in [0.1, 0.15) is 63.9 Å². The van der Waals surface area contributed by atoms with Crippen molar-refractivity contribution in [2.75, 3.05) is 0 Å². The van der Waals surface area contributed by atoms with Crippen molar-refractivity contribution < 1.29 is 4.79 Å². The van der Waals surface area contributed by atoms with Crippen LogP contribution < -0.4 is 0 Å². The van der Waals surface area contributed by atoms with Crippen LogP contribution in [0.15, 0.2) is 30.3 Å². The molecule has 2 aliphatic carbocycles. The molecule has 2 aliphatic rings. The van der Waals surface area contributed by atoms with Crippen LogP contribution in [0.3, 0.4) is 0 Å². The Labute approximate surface area is 122 Å². The average molecular weight is 270 g/mol. The van der Waals surface area contributed by atoms with E-state index in [1.165, 1.54) is 31.2 Å². The summed E-state index contributed by atoms with van der Waals surface area (Å²) in [5, 5.41) is 0. The van der Waals surface area contributed by atoms with Crippen LogP contribution in [-0.4, -0.2) is 5.78 Å². The van der Waals surface area contributed by atoms with E-state index < -0.39 is 0 Å². The zero-order valence-corrected chi connectivity index (χ0v) is 12.6. The van der Waals surface area contributed by atoms with Gasteiger partial charge in [-0.3, -0.25) is 4.79 Å². The standard InChI is InChI=1S/C19H26O/c1-2-15-8-6-9-16(14-15)18(20)19(12-7-13-19)17-10-4-3-5-11-17/h3-5,10-11,15-16H,2,6-9,12-14H2,1H3. The molecule has 1 aromatic rings. The molecule has 2 fully saturated rings. The SMILES string of the molecule is CCC1CCCC(C(=O)C2(c3ccccc3)CCC2)C1. The monoisotopic (exact) mass is 270 g/mol. The molecule has 0 N–H and O–H groups in total. The molecule has 0 spiro atoms. The smallest absolute Gasteiger partial charge is 0.146 e. The van der Waals surface area contributed by atoms with Crippen molar-refractivity contribution in [3.8, 4) is 0 Å². The molecular formula is C19H26O. The third-order valence-electron chi connectivity index (χ3n) is 5.74. The fourth-order valence-electron chi connectivity index (χ4n) is 4.26. The summed E-state index contributed by atoms with van der Waals surface area (Å²) >= 11 is 0. The number of benzene rings is 1.